The molecule has 5 heteroatoms. The lowest BCUT2D eigenvalue weighted by Gasteiger charge is -2.26. The summed E-state index contributed by atoms with van der Waals surface area (Å²) in [6.45, 7) is 9.18. The molecular formula is C11H17NO4. The van der Waals surface area contributed by atoms with E-state index in [1.165, 1.54) is 4.90 Å². The fourth-order valence-corrected chi connectivity index (χ4v) is 1.53. The van der Waals surface area contributed by atoms with Gasteiger partial charge in [-0.2, -0.15) is 0 Å². The molecule has 5 nitrogen and oxygen atoms in total. The van der Waals surface area contributed by atoms with Crippen LogP contribution in [0.1, 0.15) is 27.2 Å². The molecule has 90 valence electrons. The van der Waals surface area contributed by atoms with E-state index in [2.05, 4.69) is 6.58 Å². The molecule has 1 aliphatic rings. The van der Waals surface area contributed by atoms with Gasteiger partial charge in [0.15, 0.2) is 0 Å². The van der Waals surface area contributed by atoms with Crippen LogP contribution in [-0.4, -0.2) is 40.3 Å². The van der Waals surface area contributed by atoms with Crippen molar-refractivity contribution in [3.8, 4) is 0 Å². The maximum absolute atomic E-state index is 11.7. The number of nitrogens with zero attached hydrogens (tertiary/aromatic N) is 1. The van der Waals surface area contributed by atoms with Crippen molar-refractivity contribution >= 4 is 12.1 Å². The molecule has 1 aliphatic heterocycles. The SMILES string of the molecule is C=C1C[C@H](C(=O)O)N(C(=O)OC(C)(C)C)C1. The molecule has 0 saturated carbocycles. The second kappa shape index (κ2) is 4.15. The van der Waals surface area contributed by atoms with Crippen LogP contribution in [0.5, 0.6) is 0 Å². The number of carboxylic acid groups (broad SMARTS) is 1. The van der Waals surface area contributed by atoms with E-state index in [0.29, 0.717) is 6.42 Å². The van der Waals surface area contributed by atoms with Crippen molar-refractivity contribution < 1.29 is 19.4 Å². The molecule has 1 rings (SSSR count). The first-order valence-electron chi connectivity index (χ1n) is 5.10. The highest BCUT2D eigenvalue weighted by atomic mass is 16.6. The predicted octanol–water partition coefficient (Wildman–Crippen LogP) is 1.64. The lowest BCUT2D eigenvalue weighted by Crippen LogP contribution is -2.43. The fourth-order valence-electron chi connectivity index (χ4n) is 1.53. The van der Waals surface area contributed by atoms with Crippen molar-refractivity contribution in [2.45, 2.75) is 38.8 Å². The fraction of sp³-hybridized carbons (Fsp3) is 0.636. The molecule has 1 heterocycles. The minimum absolute atomic E-state index is 0.256. The van der Waals surface area contributed by atoms with Crippen LogP contribution in [0.15, 0.2) is 12.2 Å². The monoisotopic (exact) mass is 227 g/mol. The van der Waals surface area contributed by atoms with E-state index < -0.39 is 23.7 Å². The lowest BCUT2D eigenvalue weighted by atomic mass is 10.2. The third-order valence-electron chi connectivity index (χ3n) is 2.17. The van der Waals surface area contributed by atoms with Crippen LogP contribution in [0.4, 0.5) is 4.79 Å². The number of hydrogen-bond donors (Lipinski definition) is 1. The molecule has 1 N–H and O–H groups in total. The quantitative estimate of drug-likeness (QED) is 0.691. The zero-order valence-electron chi connectivity index (χ0n) is 9.82. The molecule has 0 unspecified atom stereocenters. The van der Waals surface area contributed by atoms with Crippen molar-refractivity contribution in [1.29, 1.82) is 0 Å². The Balaban J connectivity index is 2.75. The Labute approximate surface area is 94.7 Å². The van der Waals surface area contributed by atoms with Crippen molar-refractivity contribution in [3.05, 3.63) is 12.2 Å². The van der Waals surface area contributed by atoms with Crippen molar-refractivity contribution in [2.24, 2.45) is 0 Å². The summed E-state index contributed by atoms with van der Waals surface area (Å²) in [5, 5.41) is 8.96. The summed E-state index contributed by atoms with van der Waals surface area (Å²) in [6.07, 6.45) is -0.298. The molecule has 0 aromatic rings. The van der Waals surface area contributed by atoms with E-state index >= 15 is 0 Å². The summed E-state index contributed by atoms with van der Waals surface area (Å²) in [7, 11) is 0. The van der Waals surface area contributed by atoms with Gasteiger partial charge in [-0.3, -0.25) is 4.90 Å². The molecule has 1 amide bonds. The van der Waals surface area contributed by atoms with Crippen molar-refractivity contribution in [3.63, 3.8) is 0 Å². The van der Waals surface area contributed by atoms with E-state index in [1.807, 2.05) is 0 Å². The molecule has 0 spiro atoms. The van der Waals surface area contributed by atoms with Crippen LogP contribution in [-0.2, 0) is 9.53 Å². The average Bonchev–Trinajstić information content (AvgIpc) is 2.44. The van der Waals surface area contributed by atoms with E-state index in [-0.39, 0.29) is 6.54 Å². The van der Waals surface area contributed by atoms with Crippen LogP contribution in [0, 0.1) is 0 Å². The number of ether oxygens (including phenoxy) is 1. The van der Waals surface area contributed by atoms with Crippen LogP contribution in [0.3, 0.4) is 0 Å². The topological polar surface area (TPSA) is 66.8 Å². The number of carboxylic acids is 1. The normalized spacial score (nSPS) is 21.1. The van der Waals surface area contributed by atoms with Gasteiger partial charge >= 0.3 is 12.1 Å². The molecule has 0 aliphatic carbocycles. The number of hydrogen-bond acceptors (Lipinski definition) is 3. The maximum Gasteiger partial charge on any atom is 0.411 e. The summed E-state index contributed by atoms with van der Waals surface area (Å²) in [6, 6.07) is -0.845. The first kappa shape index (κ1) is 12.5. The van der Waals surface area contributed by atoms with Crippen LogP contribution >= 0.6 is 0 Å². The third-order valence-corrected chi connectivity index (χ3v) is 2.17. The van der Waals surface area contributed by atoms with E-state index in [4.69, 9.17) is 9.84 Å². The Hall–Kier alpha value is -1.52. The van der Waals surface area contributed by atoms with E-state index in [1.54, 1.807) is 20.8 Å². The number of amides is 1. The van der Waals surface area contributed by atoms with Gasteiger partial charge in [-0.15, -0.1) is 0 Å². The van der Waals surface area contributed by atoms with Crippen LogP contribution < -0.4 is 0 Å². The largest absolute Gasteiger partial charge is 0.480 e. The van der Waals surface area contributed by atoms with Gasteiger partial charge in [-0.25, -0.2) is 9.59 Å². The van der Waals surface area contributed by atoms with Gasteiger partial charge in [0.2, 0.25) is 0 Å². The van der Waals surface area contributed by atoms with Crippen molar-refractivity contribution in [1.82, 2.24) is 4.90 Å². The first-order valence-corrected chi connectivity index (χ1v) is 5.10. The van der Waals surface area contributed by atoms with Gasteiger partial charge in [0.05, 0.1) is 0 Å². The van der Waals surface area contributed by atoms with Gasteiger partial charge in [-0.1, -0.05) is 12.2 Å². The molecule has 1 saturated heterocycles. The van der Waals surface area contributed by atoms with Gasteiger partial charge in [0.1, 0.15) is 11.6 Å². The van der Waals surface area contributed by atoms with E-state index in [0.717, 1.165) is 5.57 Å². The highest BCUT2D eigenvalue weighted by Gasteiger charge is 2.38. The second-order valence-electron chi connectivity index (χ2n) is 4.92. The summed E-state index contributed by atoms with van der Waals surface area (Å²) in [4.78, 5) is 23.9. The van der Waals surface area contributed by atoms with Gasteiger partial charge in [0.25, 0.3) is 0 Å². The van der Waals surface area contributed by atoms with Gasteiger partial charge in [-0.05, 0) is 20.8 Å². The molecular weight excluding hydrogens is 210 g/mol. The smallest absolute Gasteiger partial charge is 0.411 e. The number of carbonyl (C=O) groups excluding carboxylic acids is 1. The number of carbonyl (C=O) groups is 2. The summed E-state index contributed by atoms with van der Waals surface area (Å²) in [5.41, 5.74) is 0.114. The Morgan fingerprint density at radius 1 is 1.50 bits per heavy atom. The highest BCUT2D eigenvalue weighted by Crippen LogP contribution is 2.23. The third kappa shape index (κ3) is 2.98. The van der Waals surface area contributed by atoms with Gasteiger partial charge in [0, 0.05) is 13.0 Å². The molecule has 0 aromatic heterocycles. The number of aliphatic carboxylic acids is 1. The zero-order chi connectivity index (χ0) is 12.5. The molecule has 1 fully saturated rings. The molecule has 0 radical (unpaired) electrons. The van der Waals surface area contributed by atoms with Crippen LogP contribution in [0.2, 0.25) is 0 Å². The minimum atomic E-state index is -1.02. The zero-order valence-corrected chi connectivity index (χ0v) is 9.82. The van der Waals surface area contributed by atoms with E-state index in [9.17, 15) is 9.59 Å². The summed E-state index contributed by atoms with van der Waals surface area (Å²) in [5.74, 6) is -1.02. The lowest BCUT2D eigenvalue weighted by molar-refractivity contribution is -0.142. The summed E-state index contributed by atoms with van der Waals surface area (Å²) < 4.78 is 5.13. The van der Waals surface area contributed by atoms with Gasteiger partial charge < -0.3 is 9.84 Å². The Morgan fingerprint density at radius 2 is 2.06 bits per heavy atom. The molecule has 0 bridgehead atoms. The number of likely N-dealkylation sites (tertiary alicyclic amines) is 1. The molecule has 16 heavy (non-hydrogen) atoms. The first-order chi connectivity index (χ1) is 7.20. The Morgan fingerprint density at radius 3 is 2.50 bits per heavy atom. The summed E-state index contributed by atoms with van der Waals surface area (Å²) >= 11 is 0. The Kier molecular flexibility index (Phi) is 3.26. The number of rotatable bonds is 1. The minimum Gasteiger partial charge on any atom is -0.480 e. The average molecular weight is 227 g/mol. The maximum atomic E-state index is 11.7. The second-order valence-corrected chi connectivity index (χ2v) is 4.92. The molecule has 1 atom stereocenters. The van der Waals surface area contributed by atoms with Crippen molar-refractivity contribution in [2.75, 3.05) is 6.54 Å². The standard InChI is InChI=1S/C11H17NO4/c1-7-5-8(9(13)14)12(6-7)10(15)16-11(2,3)4/h8H,1,5-6H2,2-4H3,(H,13,14)/t8-/m1/s1. The highest BCUT2D eigenvalue weighted by molar-refractivity contribution is 5.81. The molecule has 0 aromatic carbocycles. The Bertz CT molecular complexity index is 329. The van der Waals surface area contributed by atoms with Crippen LogP contribution in [0.25, 0.3) is 0 Å². The predicted molar refractivity (Wildman–Crippen MR) is 58.1 cm³/mol.